The Labute approximate surface area is 149 Å². The zero-order chi connectivity index (χ0) is 17.8. The molecule has 2 N–H and O–H groups in total. The van der Waals surface area contributed by atoms with Crippen molar-refractivity contribution in [3.63, 3.8) is 0 Å². The molecule has 25 heavy (non-hydrogen) atoms. The third-order valence-corrected chi connectivity index (χ3v) is 4.41. The number of nitrogens with zero attached hydrogens (tertiary/aromatic N) is 1. The van der Waals surface area contributed by atoms with Crippen molar-refractivity contribution in [1.82, 2.24) is 15.3 Å². The Morgan fingerprint density at radius 1 is 1.36 bits per heavy atom. The van der Waals surface area contributed by atoms with Gasteiger partial charge in [0.2, 0.25) is 0 Å². The predicted molar refractivity (Wildman–Crippen MR) is 99.0 cm³/mol. The third-order valence-electron chi connectivity index (χ3n) is 3.77. The Balaban J connectivity index is 1.87. The molecule has 0 aliphatic rings. The summed E-state index contributed by atoms with van der Waals surface area (Å²) >= 11 is 1.69. The fourth-order valence-electron chi connectivity index (χ4n) is 2.60. The summed E-state index contributed by atoms with van der Waals surface area (Å²) < 4.78 is 5.37. The highest BCUT2D eigenvalue weighted by molar-refractivity contribution is 7.98. The number of H-pyrrole nitrogens is 1. The van der Waals surface area contributed by atoms with Crippen LogP contribution in [0.2, 0.25) is 0 Å². The van der Waals surface area contributed by atoms with Crippen molar-refractivity contribution in [2.45, 2.75) is 19.4 Å². The van der Waals surface area contributed by atoms with Crippen molar-refractivity contribution >= 4 is 28.7 Å². The average molecular weight is 357 g/mol. The van der Waals surface area contributed by atoms with Crippen LogP contribution in [0.25, 0.3) is 11.0 Å². The molecule has 2 aromatic heterocycles. The van der Waals surface area contributed by atoms with Crippen LogP contribution < -0.4 is 10.7 Å². The number of carbonyl (C=O) groups excluding carboxylic acids is 1. The number of fused-ring (bicyclic) bond motifs is 1. The Morgan fingerprint density at radius 3 is 2.88 bits per heavy atom. The third kappa shape index (κ3) is 4.11. The average Bonchev–Trinajstić information content (AvgIpc) is 3.01. The molecule has 3 aromatic rings. The lowest BCUT2D eigenvalue weighted by Gasteiger charge is -2.16. The molecule has 3 rings (SSSR count). The van der Waals surface area contributed by atoms with Crippen LogP contribution in [0.3, 0.4) is 0 Å². The van der Waals surface area contributed by atoms with Gasteiger partial charge < -0.3 is 14.7 Å². The van der Waals surface area contributed by atoms with E-state index in [0.717, 1.165) is 16.8 Å². The Bertz CT molecular complexity index is 915. The predicted octanol–water partition coefficient (Wildman–Crippen LogP) is 3.05. The van der Waals surface area contributed by atoms with E-state index in [-0.39, 0.29) is 17.2 Å². The maximum absolute atomic E-state index is 12.5. The number of para-hydroxylation sites is 2. The number of aromatic amines is 1. The molecule has 0 spiro atoms. The first-order chi connectivity index (χ1) is 12.1. The van der Waals surface area contributed by atoms with Crippen LogP contribution in [-0.2, 0) is 0 Å². The topological polar surface area (TPSA) is 88.0 Å². The summed E-state index contributed by atoms with van der Waals surface area (Å²) in [6, 6.07) is 9.97. The molecule has 0 aliphatic carbocycles. The minimum absolute atomic E-state index is 0.00950. The van der Waals surface area contributed by atoms with Gasteiger partial charge in [0.25, 0.3) is 5.91 Å². The first-order valence-electron chi connectivity index (χ1n) is 7.93. The molecule has 2 heterocycles. The van der Waals surface area contributed by atoms with Crippen molar-refractivity contribution in [2.75, 3.05) is 12.0 Å². The van der Waals surface area contributed by atoms with Crippen molar-refractivity contribution in [3.05, 3.63) is 64.0 Å². The monoisotopic (exact) mass is 357 g/mol. The fraction of sp³-hybridized carbons (Fsp3) is 0.278. The van der Waals surface area contributed by atoms with Gasteiger partial charge in [-0.25, -0.2) is 4.98 Å². The number of aromatic nitrogens is 2. The molecule has 0 saturated heterocycles. The van der Waals surface area contributed by atoms with Crippen LogP contribution in [0.15, 0.2) is 45.6 Å². The number of hydrogen-bond donors (Lipinski definition) is 2. The highest BCUT2D eigenvalue weighted by Crippen LogP contribution is 2.20. The molecule has 1 aromatic carbocycles. The SMILES string of the molecule is CSCC[C@@H](NC(=O)c1cc(=O)cc(C)o1)c1nc2ccccc2[nH]1. The van der Waals surface area contributed by atoms with E-state index in [0.29, 0.717) is 18.0 Å². The van der Waals surface area contributed by atoms with Gasteiger partial charge in [-0.3, -0.25) is 9.59 Å². The lowest BCUT2D eigenvalue weighted by molar-refractivity contribution is 0.0902. The Hall–Kier alpha value is -2.54. The summed E-state index contributed by atoms with van der Waals surface area (Å²) in [5.74, 6) is 1.54. The number of thioether (sulfide) groups is 1. The number of carbonyl (C=O) groups is 1. The normalized spacial score (nSPS) is 12.2. The maximum Gasteiger partial charge on any atom is 0.287 e. The molecule has 130 valence electrons. The van der Waals surface area contributed by atoms with E-state index >= 15 is 0 Å². The van der Waals surface area contributed by atoms with Crippen LogP contribution in [-0.4, -0.2) is 27.9 Å². The van der Waals surface area contributed by atoms with Gasteiger partial charge in [-0.2, -0.15) is 11.8 Å². The molecule has 0 bridgehead atoms. The molecule has 0 aliphatic heterocycles. The number of nitrogens with one attached hydrogen (secondary N) is 2. The van der Waals surface area contributed by atoms with Crippen LogP contribution in [0.1, 0.15) is 34.6 Å². The standard InChI is InChI=1S/C18H19N3O3S/c1-11-9-12(22)10-16(24-11)18(23)21-15(7-8-25-2)17-19-13-5-3-4-6-14(13)20-17/h3-6,9-10,15H,7-8H2,1-2H3,(H,19,20)(H,21,23)/t15-/m1/s1. The molecule has 1 atom stereocenters. The van der Waals surface area contributed by atoms with Crippen LogP contribution in [0, 0.1) is 6.92 Å². The summed E-state index contributed by atoms with van der Waals surface area (Å²) in [7, 11) is 0. The fourth-order valence-corrected chi connectivity index (χ4v) is 3.07. The van der Waals surface area contributed by atoms with Crippen LogP contribution >= 0.6 is 11.8 Å². The molecule has 0 radical (unpaired) electrons. The van der Waals surface area contributed by atoms with Crippen molar-refractivity contribution in [3.8, 4) is 0 Å². The lowest BCUT2D eigenvalue weighted by atomic mass is 10.2. The lowest BCUT2D eigenvalue weighted by Crippen LogP contribution is -2.30. The van der Waals surface area contributed by atoms with E-state index in [4.69, 9.17) is 4.42 Å². The van der Waals surface area contributed by atoms with Crippen molar-refractivity contribution in [2.24, 2.45) is 0 Å². The Morgan fingerprint density at radius 2 is 2.16 bits per heavy atom. The summed E-state index contributed by atoms with van der Waals surface area (Å²) in [6.45, 7) is 1.64. The molecule has 7 heteroatoms. The Kier molecular flexibility index (Phi) is 5.23. The molecule has 0 fully saturated rings. The van der Waals surface area contributed by atoms with Crippen molar-refractivity contribution < 1.29 is 9.21 Å². The first kappa shape index (κ1) is 17.3. The van der Waals surface area contributed by atoms with Gasteiger partial charge in [-0.1, -0.05) is 12.1 Å². The number of aryl methyl sites for hydroxylation is 1. The minimum Gasteiger partial charge on any atom is -0.456 e. The molecule has 0 unspecified atom stereocenters. The molecule has 1 amide bonds. The van der Waals surface area contributed by atoms with Gasteiger partial charge in [0.05, 0.1) is 17.1 Å². The quantitative estimate of drug-likeness (QED) is 0.708. The number of hydrogen-bond acceptors (Lipinski definition) is 5. The van der Waals surface area contributed by atoms with Crippen LogP contribution in [0.4, 0.5) is 0 Å². The zero-order valence-corrected chi connectivity index (χ0v) is 14.9. The molecule has 6 nitrogen and oxygen atoms in total. The second-order valence-corrected chi connectivity index (χ2v) is 6.70. The highest BCUT2D eigenvalue weighted by Gasteiger charge is 2.20. The summed E-state index contributed by atoms with van der Waals surface area (Å²) in [5.41, 5.74) is 1.52. The summed E-state index contributed by atoms with van der Waals surface area (Å²) in [6.07, 6.45) is 2.72. The highest BCUT2D eigenvalue weighted by atomic mass is 32.2. The van der Waals surface area contributed by atoms with Crippen molar-refractivity contribution in [1.29, 1.82) is 0 Å². The van der Waals surface area contributed by atoms with E-state index in [1.54, 1.807) is 18.7 Å². The smallest absolute Gasteiger partial charge is 0.287 e. The van der Waals surface area contributed by atoms with E-state index in [9.17, 15) is 9.59 Å². The first-order valence-corrected chi connectivity index (χ1v) is 9.32. The number of amides is 1. The number of benzene rings is 1. The van der Waals surface area contributed by atoms with Crippen LogP contribution in [0.5, 0.6) is 0 Å². The number of imidazole rings is 1. The van der Waals surface area contributed by atoms with E-state index in [1.165, 1.54) is 12.1 Å². The van der Waals surface area contributed by atoms with Gasteiger partial charge in [-0.15, -0.1) is 0 Å². The largest absolute Gasteiger partial charge is 0.456 e. The van der Waals surface area contributed by atoms with E-state index < -0.39 is 5.91 Å². The number of rotatable bonds is 6. The maximum atomic E-state index is 12.5. The van der Waals surface area contributed by atoms with E-state index in [1.807, 2.05) is 30.5 Å². The van der Waals surface area contributed by atoms with Gasteiger partial charge in [0.15, 0.2) is 11.2 Å². The van der Waals surface area contributed by atoms with E-state index in [2.05, 4.69) is 15.3 Å². The zero-order valence-electron chi connectivity index (χ0n) is 14.0. The van der Waals surface area contributed by atoms with Gasteiger partial charge in [0.1, 0.15) is 11.6 Å². The second-order valence-electron chi connectivity index (χ2n) is 5.71. The van der Waals surface area contributed by atoms with Gasteiger partial charge >= 0.3 is 0 Å². The molecule has 0 saturated carbocycles. The van der Waals surface area contributed by atoms with Gasteiger partial charge in [0, 0.05) is 12.1 Å². The second kappa shape index (κ2) is 7.57. The van der Waals surface area contributed by atoms with Gasteiger partial charge in [-0.05, 0) is 37.5 Å². The summed E-state index contributed by atoms with van der Waals surface area (Å²) in [4.78, 5) is 32.0. The molecular formula is C18H19N3O3S. The minimum atomic E-state index is -0.424. The summed E-state index contributed by atoms with van der Waals surface area (Å²) in [5, 5.41) is 2.92. The molecular weight excluding hydrogens is 338 g/mol.